The van der Waals surface area contributed by atoms with Crippen LogP contribution in [0.1, 0.15) is 48.4 Å². The van der Waals surface area contributed by atoms with Crippen molar-refractivity contribution in [2.45, 2.75) is 44.6 Å². The zero-order chi connectivity index (χ0) is 17.3. The van der Waals surface area contributed by atoms with Crippen molar-refractivity contribution in [1.82, 2.24) is 9.47 Å². The molecule has 3 aromatic rings. The second-order valence-electron chi connectivity index (χ2n) is 8.05. The lowest BCUT2D eigenvalue weighted by Gasteiger charge is -2.29. The Morgan fingerprint density at radius 1 is 0.846 bits per heavy atom. The molecule has 1 aliphatic carbocycles. The molecule has 1 unspecified atom stereocenters. The molecule has 0 saturated carbocycles. The van der Waals surface area contributed by atoms with Gasteiger partial charge < -0.3 is 9.47 Å². The second kappa shape index (κ2) is 6.92. The summed E-state index contributed by atoms with van der Waals surface area (Å²) in [6.45, 7) is 4.83. The molecule has 1 aromatic heterocycles. The molecule has 0 radical (unpaired) electrons. The predicted molar refractivity (Wildman–Crippen MR) is 109 cm³/mol. The van der Waals surface area contributed by atoms with Crippen LogP contribution in [0.15, 0.2) is 54.6 Å². The van der Waals surface area contributed by atoms with E-state index in [9.17, 15) is 0 Å². The minimum atomic E-state index is 0.688. The fourth-order valence-electron chi connectivity index (χ4n) is 5.18. The van der Waals surface area contributed by atoms with Crippen LogP contribution in [0.25, 0.3) is 10.9 Å². The third kappa shape index (κ3) is 2.87. The van der Waals surface area contributed by atoms with Gasteiger partial charge in [-0.2, -0.15) is 0 Å². The molecule has 1 atom stereocenters. The van der Waals surface area contributed by atoms with E-state index in [2.05, 4.69) is 64.1 Å². The molecule has 2 aliphatic rings. The zero-order valence-corrected chi connectivity index (χ0v) is 15.5. The molecule has 1 fully saturated rings. The van der Waals surface area contributed by atoms with E-state index < -0.39 is 0 Å². The Balaban J connectivity index is 1.60. The second-order valence-corrected chi connectivity index (χ2v) is 8.05. The molecular weight excluding hydrogens is 316 g/mol. The van der Waals surface area contributed by atoms with E-state index in [1.54, 1.807) is 11.3 Å². The maximum Gasteiger partial charge on any atom is 0.0488 e. The van der Waals surface area contributed by atoms with Gasteiger partial charge in [-0.05, 0) is 62.4 Å². The van der Waals surface area contributed by atoms with Crippen LogP contribution in [0.3, 0.4) is 0 Å². The van der Waals surface area contributed by atoms with Gasteiger partial charge in [0.05, 0.1) is 0 Å². The molecule has 2 aromatic carbocycles. The maximum atomic E-state index is 2.70. The molecular formula is C24H28N2. The summed E-state index contributed by atoms with van der Waals surface area (Å²) in [6.07, 6.45) is 6.69. The molecule has 0 amide bonds. The van der Waals surface area contributed by atoms with Crippen molar-refractivity contribution in [2.75, 3.05) is 19.6 Å². The zero-order valence-electron chi connectivity index (χ0n) is 15.5. The molecule has 2 nitrogen and oxygen atoms in total. The van der Waals surface area contributed by atoms with Crippen LogP contribution in [-0.4, -0.2) is 29.1 Å². The number of hydrogen-bond donors (Lipinski definition) is 0. The van der Waals surface area contributed by atoms with Crippen LogP contribution < -0.4 is 0 Å². The Kier molecular flexibility index (Phi) is 4.30. The van der Waals surface area contributed by atoms with Gasteiger partial charge in [-0.1, -0.05) is 48.5 Å². The lowest BCUT2D eigenvalue weighted by Crippen LogP contribution is -2.29. The van der Waals surface area contributed by atoms with E-state index in [1.165, 1.54) is 68.2 Å². The third-order valence-corrected chi connectivity index (χ3v) is 6.35. The third-order valence-electron chi connectivity index (χ3n) is 6.35. The molecule has 26 heavy (non-hydrogen) atoms. The highest BCUT2D eigenvalue weighted by Crippen LogP contribution is 2.39. The lowest BCUT2D eigenvalue weighted by molar-refractivity contribution is 0.295. The highest BCUT2D eigenvalue weighted by atomic mass is 15.1. The van der Waals surface area contributed by atoms with Crippen molar-refractivity contribution in [3.63, 3.8) is 0 Å². The van der Waals surface area contributed by atoms with Crippen molar-refractivity contribution < 1.29 is 0 Å². The number of para-hydroxylation sites is 1. The standard InChI is InChI=1S/C24H28N2/c1-2-9-19(10-3-1)17-26-23-14-5-4-12-21(23)22-13-8-11-20(24(22)26)18-25-15-6-7-16-25/h1-5,9-10,12,14,20H,6-8,11,13,15-18H2. The van der Waals surface area contributed by atoms with Crippen molar-refractivity contribution in [1.29, 1.82) is 0 Å². The number of benzene rings is 2. The van der Waals surface area contributed by atoms with E-state index >= 15 is 0 Å². The quantitative estimate of drug-likeness (QED) is 0.631. The van der Waals surface area contributed by atoms with Crippen LogP contribution in [0.5, 0.6) is 0 Å². The molecule has 0 spiro atoms. The van der Waals surface area contributed by atoms with Crippen LogP contribution in [-0.2, 0) is 13.0 Å². The van der Waals surface area contributed by atoms with Crippen molar-refractivity contribution >= 4 is 10.9 Å². The molecule has 2 heteroatoms. The van der Waals surface area contributed by atoms with Gasteiger partial charge in [-0.3, -0.25) is 0 Å². The summed E-state index contributed by atoms with van der Waals surface area (Å²) in [5.74, 6) is 0.688. The molecule has 134 valence electrons. The van der Waals surface area contributed by atoms with E-state index in [4.69, 9.17) is 0 Å². The summed E-state index contributed by atoms with van der Waals surface area (Å²) >= 11 is 0. The topological polar surface area (TPSA) is 8.17 Å². The Bertz CT molecular complexity index is 887. The first-order valence-electron chi connectivity index (χ1n) is 10.3. The van der Waals surface area contributed by atoms with Crippen LogP contribution in [0, 0.1) is 0 Å². The SMILES string of the molecule is c1ccc(Cn2c3c(c4ccccc42)CCCC3CN2CCCC2)cc1. The highest BCUT2D eigenvalue weighted by molar-refractivity contribution is 5.86. The number of rotatable bonds is 4. The summed E-state index contributed by atoms with van der Waals surface area (Å²) < 4.78 is 2.64. The Morgan fingerprint density at radius 3 is 2.46 bits per heavy atom. The van der Waals surface area contributed by atoms with Gasteiger partial charge in [0, 0.05) is 35.6 Å². The first kappa shape index (κ1) is 16.1. The minimum Gasteiger partial charge on any atom is -0.340 e. The Morgan fingerprint density at radius 2 is 1.62 bits per heavy atom. The number of aromatic nitrogens is 1. The van der Waals surface area contributed by atoms with Gasteiger partial charge in [-0.25, -0.2) is 0 Å². The molecule has 0 N–H and O–H groups in total. The maximum absolute atomic E-state index is 2.70. The summed E-state index contributed by atoms with van der Waals surface area (Å²) in [7, 11) is 0. The monoisotopic (exact) mass is 344 g/mol. The van der Waals surface area contributed by atoms with Crippen LogP contribution in [0.2, 0.25) is 0 Å². The number of aryl methyl sites for hydroxylation is 1. The summed E-state index contributed by atoms with van der Waals surface area (Å²) in [4.78, 5) is 2.70. The predicted octanol–water partition coefficient (Wildman–Crippen LogP) is 5.21. The number of hydrogen-bond acceptors (Lipinski definition) is 1. The minimum absolute atomic E-state index is 0.688. The van der Waals surface area contributed by atoms with Crippen LogP contribution >= 0.6 is 0 Å². The van der Waals surface area contributed by atoms with Gasteiger partial charge in [0.25, 0.3) is 0 Å². The summed E-state index contributed by atoms with van der Waals surface area (Å²) in [6, 6.07) is 20.0. The smallest absolute Gasteiger partial charge is 0.0488 e. The van der Waals surface area contributed by atoms with Crippen LogP contribution in [0.4, 0.5) is 0 Å². The van der Waals surface area contributed by atoms with E-state index in [-0.39, 0.29) is 0 Å². The molecule has 0 bridgehead atoms. The van der Waals surface area contributed by atoms with Gasteiger partial charge in [-0.15, -0.1) is 0 Å². The lowest BCUT2D eigenvalue weighted by atomic mass is 9.86. The van der Waals surface area contributed by atoms with Crippen molar-refractivity contribution in [3.8, 4) is 0 Å². The van der Waals surface area contributed by atoms with Crippen molar-refractivity contribution in [2.24, 2.45) is 0 Å². The average Bonchev–Trinajstić information content (AvgIpc) is 3.30. The van der Waals surface area contributed by atoms with Gasteiger partial charge >= 0.3 is 0 Å². The molecule has 1 saturated heterocycles. The fourth-order valence-corrected chi connectivity index (χ4v) is 5.18. The fraction of sp³-hybridized carbons (Fsp3) is 0.417. The van der Waals surface area contributed by atoms with E-state index in [0.717, 1.165) is 6.54 Å². The van der Waals surface area contributed by atoms with Gasteiger partial charge in [0.15, 0.2) is 0 Å². The van der Waals surface area contributed by atoms with Crippen molar-refractivity contribution in [3.05, 3.63) is 71.4 Å². The highest BCUT2D eigenvalue weighted by Gasteiger charge is 2.29. The molecule has 1 aliphatic heterocycles. The first-order chi connectivity index (χ1) is 12.9. The van der Waals surface area contributed by atoms with Gasteiger partial charge in [0.1, 0.15) is 0 Å². The first-order valence-corrected chi connectivity index (χ1v) is 10.3. The Labute approximate surface area is 156 Å². The number of fused-ring (bicyclic) bond motifs is 3. The average molecular weight is 345 g/mol. The van der Waals surface area contributed by atoms with E-state index in [1.807, 2.05) is 0 Å². The summed E-state index contributed by atoms with van der Waals surface area (Å²) in [5.41, 5.74) is 6.09. The Hall–Kier alpha value is -2.06. The number of likely N-dealkylation sites (tertiary alicyclic amines) is 1. The largest absolute Gasteiger partial charge is 0.340 e. The normalized spacial score (nSPS) is 20.5. The molecule has 5 rings (SSSR count). The van der Waals surface area contributed by atoms with Gasteiger partial charge in [0.2, 0.25) is 0 Å². The number of nitrogens with zero attached hydrogens (tertiary/aromatic N) is 2. The van der Waals surface area contributed by atoms with E-state index in [0.29, 0.717) is 5.92 Å². The summed E-state index contributed by atoms with van der Waals surface area (Å²) in [5, 5.41) is 1.49. The molecule has 2 heterocycles.